The van der Waals surface area contributed by atoms with Crippen molar-refractivity contribution in [3.8, 4) is 11.5 Å². The molecule has 0 radical (unpaired) electrons. The molecule has 0 fully saturated rings. The van der Waals surface area contributed by atoms with Gasteiger partial charge in [-0.1, -0.05) is 6.07 Å². The number of aliphatic carboxylic acids is 1. The third-order valence-electron chi connectivity index (χ3n) is 2.38. The zero-order chi connectivity index (χ0) is 13.5. The number of hydrogen-bond acceptors (Lipinski definition) is 5. The predicted molar refractivity (Wildman–Crippen MR) is 70.9 cm³/mol. The van der Waals surface area contributed by atoms with E-state index in [1.165, 1.54) is 17.8 Å². The predicted octanol–water partition coefficient (Wildman–Crippen LogP) is 1.31. The van der Waals surface area contributed by atoms with Gasteiger partial charge in [0.05, 0.1) is 6.42 Å². The number of phenols is 2. The second-order valence-electron chi connectivity index (χ2n) is 3.86. The Morgan fingerprint density at radius 3 is 2.67 bits per heavy atom. The lowest BCUT2D eigenvalue weighted by Gasteiger charge is -2.09. The summed E-state index contributed by atoms with van der Waals surface area (Å²) in [4.78, 5) is 10.4. The average Bonchev–Trinajstić information content (AvgIpc) is 2.30. The number of thioether (sulfide) groups is 1. The van der Waals surface area contributed by atoms with Gasteiger partial charge in [0.25, 0.3) is 0 Å². The molecule has 1 aromatic rings. The Balaban J connectivity index is 2.65. The molecule has 0 amide bonds. The van der Waals surface area contributed by atoms with Crippen LogP contribution in [0.25, 0.3) is 0 Å². The van der Waals surface area contributed by atoms with E-state index in [9.17, 15) is 15.0 Å². The zero-order valence-electron chi connectivity index (χ0n) is 9.93. The molecule has 0 aliphatic carbocycles. The Kier molecular flexibility index (Phi) is 5.80. The molecule has 0 atom stereocenters. The fraction of sp³-hybridized carbons (Fsp3) is 0.417. The maximum Gasteiger partial charge on any atom is 0.304 e. The van der Waals surface area contributed by atoms with Crippen LogP contribution < -0.4 is 5.73 Å². The molecule has 6 heteroatoms. The Labute approximate surface area is 110 Å². The van der Waals surface area contributed by atoms with Gasteiger partial charge >= 0.3 is 5.97 Å². The number of carboxylic acids is 1. The van der Waals surface area contributed by atoms with Gasteiger partial charge in [0, 0.05) is 17.1 Å². The van der Waals surface area contributed by atoms with Gasteiger partial charge in [-0.15, -0.1) is 0 Å². The molecule has 0 unspecified atom stereocenters. The van der Waals surface area contributed by atoms with Crippen molar-refractivity contribution in [1.82, 2.24) is 0 Å². The van der Waals surface area contributed by atoms with E-state index in [-0.39, 0.29) is 17.9 Å². The van der Waals surface area contributed by atoms with Crippen LogP contribution in [0.4, 0.5) is 0 Å². The molecule has 5 N–H and O–H groups in total. The fourth-order valence-corrected chi connectivity index (χ4v) is 2.41. The number of carboxylic acid groups (broad SMARTS) is 1. The molecular formula is C12H17NO4S. The largest absolute Gasteiger partial charge is 0.504 e. The monoisotopic (exact) mass is 271 g/mol. The maximum atomic E-state index is 10.4. The minimum Gasteiger partial charge on any atom is -0.504 e. The highest BCUT2D eigenvalue weighted by molar-refractivity contribution is 7.98. The number of phenolic OH excluding ortho intramolecular Hbond substituents is 2. The lowest BCUT2D eigenvalue weighted by molar-refractivity contribution is -0.136. The molecule has 100 valence electrons. The van der Waals surface area contributed by atoms with Gasteiger partial charge in [-0.3, -0.25) is 4.79 Å². The molecule has 5 nitrogen and oxygen atoms in total. The highest BCUT2D eigenvalue weighted by Crippen LogP contribution is 2.33. The van der Waals surface area contributed by atoms with E-state index in [1.54, 1.807) is 6.07 Å². The van der Waals surface area contributed by atoms with Crippen LogP contribution in [-0.2, 0) is 17.0 Å². The van der Waals surface area contributed by atoms with Gasteiger partial charge < -0.3 is 21.1 Å². The molecule has 18 heavy (non-hydrogen) atoms. The SMILES string of the molecule is NCCc1cc(O)c(O)c(CSCCC(=O)O)c1. The van der Waals surface area contributed by atoms with Gasteiger partial charge in [0.1, 0.15) is 0 Å². The molecule has 0 saturated carbocycles. The Morgan fingerprint density at radius 2 is 2.06 bits per heavy atom. The number of benzene rings is 1. The molecule has 0 saturated heterocycles. The first-order valence-electron chi connectivity index (χ1n) is 5.58. The van der Waals surface area contributed by atoms with Crippen molar-refractivity contribution in [3.05, 3.63) is 23.3 Å². The van der Waals surface area contributed by atoms with Crippen LogP contribution in [0.2, 0.25) is 0 Å². The fourth-order valence-electron chi connectivity index (χ4n) is 1.50. The van der Waals surface area contributed by atoms with Crippen molar-refractivity contribution >= 4 is 17.7 Å². The average molecular weight is 271 g/mol. The zero-order valence-corrected chi connectivity index (χ0v) is 10.7. The Bertz CT molecular complexity index is 423. The van der Waals surface area contributed by atoms with E-state index in [0.717, 1.165) is 5.56 Å². The Hall–Kier alpha value is -1.40. The van der Waals surface area contributed by atoms with Crippen molar-refractivity contribution in [2.75, 3.05) is 12.3 Å². The van der Waals surface area contributed by atoms with Gasteiger partial charge in [-0.25, -0.2) is 0 Å². The van der Waals surface area contributed by atoms with Crippen molar-refractivity contribution in [2.24, 2.45) is 5.73 Å². The van der Waals surface area contributed by atoms with E-state index in [4.69, 9.17) is 10.8 Å². The van der Waals surface area contributed by atoms with Crippen molar-refractivity contribution in [2.45, 2.75) is 18.6 Å². The van der Waals surface area contributed by atoms with Crippen LogP contribution in [-0.4, -0.2) is 33.6 Å². The maximum absolute atomic E-state index is 10.4. The van der Waals surface area contributed by atoms with E-state index >= 15 is 0 Å². The van der Waals surface area contributed by atoms with Crippen LogP contribution >= 0.6 is 11.8 Å². The molecule has 0 bridgehead atoms. The minimum atomic E-state index is -0.841. The van der Waals surface area contributed by atoms with E-state index in [1.807, 2.05) is 0 Å². The lowest BCUT2D eigenvalue weighted by Crippen LogP contribution is -2.03. The molecule has 0 aromatic heterocycles. The summed E-state index contributed by atoms with van der Waals surface area (Å²) in [5, 5.41) is 27.8. The van der Waals surface area contributed by atoms with Crippen molar-refractivity contribution < 1.29 is 20.1 Å². The summed E-state index contributed by atoms with van der Waals surface area (Å²) < 4.78 is 0. The number of hydrogen-bond donors (Lipinski definition) is 4. The quantitative estimate of drug-likeness (QED) is 0.440. The van der Waals surface area contributed by atoms with Crippen molar-refractivity contribution in [3.63, 3.8) is 0 Å². The van der Waals surface area contributed by atoms with Crippen LogP contribution in [0.5, 0.6) is 11.5 Å². The molecule has 0 aliphatic rings. The summed E-state index contributed by atoms with van der Waals surface area (Å²) in [6, 6.07) is 3.28. The highest BCUT2D eigenvalue weighted by Gasteiger charge is 2.09. The number of aromatic hydroxyl groups is 2. The first kappa shape index (κ1) is 14.7. The summed E-state index contributed by atoms with van der Waals surface area (Å²) in [5.74, 6) is -0.207. The molecule has 0 aliphatic heterocycles. The first-order chi connectivity index (χ1) is 8.54. The third kappa shape index (κ3) is 4.46. The lowest BCUT2D eigenvalue weighted by atomic mass is 10.1. The van der Waals surface area contributed by atoms with Gasteiger partial charge in [-0.2, -0.15) is 11.8 Å². The summed E-state index contributed by atoms with van der Waals surface area (Å²) in [7, 11) is 0. The first-order valence-corrected chi connectivity index (χ1v) is 6.73. The summed E-state index contributed by atoms with van der Waals surface area (Å²) in [6.45, 7) is 0.468. The van der Waals surface area contributed by atoms with Gasteiger partial charge in [-0.05, 0) is 24.6 Å². The molecule has 1 rings (SSSR count). The molecule has 1 aromatic carbocycles. The van der Waals surface area contributed by atoms with Gasteiger partial charge in [0.15, 0.2) is 11.5 Å². The molecule has 0 heterocycles. The van der Waals surface area contributed by atoms with Gasteiger partial charge in [0.2, 0.25) is 0 Å². The normalized spacial score (nSPS) is 10.5. The minimum absolute atomic E-state index is 0.0832. The van der Waals surface area contributed by atoms with E-state index < -0.39 is 5.97 Å². The number of carbonyl (C=O) groups is 1. The van der Waals surface area contributed by atoms with Crippen molar-refractivity contribution in [1.29, 1.82) is 0 Å². The second kappa shape index (κ2) is 7.13. The summed E-state index contributed by atoms with van der Waals surface area (Å²) >= 11 is 1.40. The second-order valence-corrected chi connectivity index (χ2v) is 4.96. The van der Waals surface area contributed by atoms with Crippen LogP contribution in [0, 0.1) is 0 Å². The Morgan fingerprint density at radius 1 is 1.33 bits per heavy atom. The number of nitrogens with two attached hydrogens (primary N) is 1. The van der Waals surface area contributed by atoms with Crippen LogP contribution in [0.1, 0.15) is 17.5 Å². The smallest absolute Gasteiger partial charge is 0.304 e. The highest BCUT2D eigenvalue weighted by atomic mass is 32.2. The summed E-state index contributed by atoms with van der Waals surface area (Å²) in [6.07, 6.45) is 0.709. The molecular weight excluding hydrogens is 254 g/mol. The van der Waals surface area contributed by atoms with Crippen LogP contribution in [0.3, 0.4) is 0 Å². The standard InChI is InChI=1S/C12H17NO4S/c13-3-1-8-5-9(12(17)10(14)6-8)7-18-4-2-11(15)16/h5-6,14,17H,1-4,7,13H2,(H,15,16). The third-order valence-corrected chi connectivity index (χ3v) is 3.39. The number of rotatable bonds is 7. The topological polar surface area (TPSA) is 104 Å². The van der Waals surface area contributed by atoms with E-state index in [0.29, 0.717) is 30.0 Å². The van der Waals surface area contributed by atoms with Crippen LogP contribution in [0.15, 0.2) is 12.1 Å². The summed E-state index contributed by atoms with van der Waals surface area (Å²) in [5.41, 5.74) is 6.91. The van der Waals surface area contributed by atoms with E-state index in [2.05, 4.69) is 0 Å². The molecule has 0 spiro atoms.